The Morgan fingerprint density at radius 3 is 2.44 bits per heavy atom. The molecule has 2 aromatic carbocycles. The Morgan fingerprint density at radius 2 is 1.78 bits per heavy atom. The number of halogens is 1. The van der Waals surface area contributed by atoms with Crippen LogP contribution < -0.4 is 15.5 Å². The molecule has 1 fully saturated rings. The van der Waals surface area contributed by atoms with Crippen LogP contribution in [0.1, 0.15) is 25.5 Å². The first-order valence-corrected chi connectivity index (χ1v) is 9.75. The second kappa shape index (κ2) is 9.22. The number of nitrogens with one attached hydrogen (secondary N) is 1. The molecule has 1 aliphatic rings. The summed E-state index contributed by atoms with van der Waals surface area (Å²) in [5.74, 6) is -0.0203. The zero-order chi connectivity index (χ0) is 19.2. The van der Waals surface area contributed by atoms with Gasteiger partial charge in [0.2, 0.25) is 0 Å². The molecule has 5 nitrogen and oxygen atoms in total. The van der Waals surface area contributed by atoms with Crippen LogP contribution in [0.4, 0.5) is 11.4 Å². The van der Waals surface area contributed by atoms with Crippen molar-refractivity contribution in [2.24, 2.45) is 0 Å². The Bertz CT molecular complexity index is 760. The molecule has 0 aliphatic carbocycles. The SMILES string of the molecule is C[C@@H]([NH2+][C@H](C)c1ccccc1Cl)C(=O)Nc1ccc(N2CCOCC2)cc1. The summed E-state index contributed by atoms with van der Waals surface area (Å²) in [6.45, 7) is 7.28. The van der Waals surface area contributed by atoms with E-state index in [9.17, 15) is 4.79 Å². The van der Waals surface area contributed by atoms with Crippen LogP contribution in [0.15, 0.2) is 48.5 Å². The first-order chi connectivity index (χ1) is 13.0. The quantitative estimate of drug-likeness (QED) is 0.800. The van der Waals surface area contributed by atoms with E-state index in [0.717, 1.165) is 48.3 Å². The first kappa shape index (κ1) is 19.7. The van der Waals surface area contributed by atoms with Crippen LogP contribution in [0.25, 0.3) is 0 Å². The monoisotopic (exact) mass is 388 g/mol. The third-order valence-electron chi connectivity index (χ3n) is 4.90. The summed E-state index contributed by atoms with van der Waals surface area (Å²) in [4.78, 5) is 14.8. The van der Waals surface area contributed by atoms with E-state index in [1.807, 2.05) is 60.8 Å². The van der Waals surface area contributed by atoms with Gasteiger partial charge in [0.05, 0.1) is 13.2 Å². The molecule has 1 aliphatic heterocycles. The molecule has 0 unspecified atom stereocenters. The van der Waals surface area contributed by atoms with Crippen molar-refractivity contribution < 1.29 is 14.8 Å². The maximum absolute atomic E-state index is 12.5. The van der Waals surface area contributed by atoms with Crippen LogP contribution in [0.5, 0.6) is 0 Å². The van der Waals surface area contributed by atoms with Crippen molar-refractivity contribution in [1.82, 2.24) is 0 Å². The topological polar surface area (TPSA) is 58.2 Å². The van der Waals surface area contributed by atoms with E-state index in [4.69, 9.17) is 16.3 Å². The molecule has 0 radical (unpaired) electrons. The van der Waals surface area contributed by atoms with E-state index in [-0.39, 0.29) is 18.0 Å². The summed E-state index contributed by atoms with van der Waals surface area (Å²) in [6, 6.07) is 15.6. The van der Waals surface area contributed by atoms with Gasteiger partial charge in [-0.15, -0.1) is 0 Å². The van der Waals surface area contributed by atoms with Gasteiger partial charge in [-0.1, -0.05) is 29.8 Å². The van der Waals surface area contributed by atoms with Gasteiger partial charge in [0.1, 0.15) is 6.04 Å². The molecular weight excluding hydrogens is 362 g/mol. The molecule has 144 valence electrons. The molecule has 3 N–H and O–H groups in total. The minimum absolute atomic E-state index is 0.0203. The number of nitrogens with two attached hydrogens (primary N) is 1. The van der Waals surface area contributed by atoms with Crippen molar-refractivity contribution >= 4 is 28.9 Å². The summed E-state index contributed by atoms with van der Waals surface area (Å²) in [7, 11) is 0. The van der Waals surface area contributed by atoms with E-state index < -0.39 is 0 Å². The van der Waals surface area contributed by atoms with Crippen molar-refractivity contribution in [3.63, 3.8) is 0 Å². The highest BCUT2D eigenvalue weighted by Crippen LogP contribution is 2.20. The number of quaternary nitrogens is 1. The number of hydrogen-bond acceptors (Lipinski definition) is 3. The van der Waals surface area contributed by atoms with Crippen LogP contribution in [-0.2, 0) is 9.53 Å². The predicted octanol–water partition coefficient (Wildman–Crippen LogP) is 2.83. The molecule has 0 spiro atoms. The molecule has 1 heterocycles. The second-order valence-corrected chi connectivity index (χ2v) is 7.33. The van der Waals surface area contributed by atoms with E-state index >= 15 is 0 Å². The standard InChI is InChI=1S/C21H26ClN3O2/c1-15(19-5-3-4-6-20(19)22)23-16(2)21(26)24-17-7-9-18(10-8-17)25-11-13-27-14-12-25/h3-10,15-16,23H,11-14H2,1-2H3,(H,24,26)/p+1/t15-,16-/m1/s1. The molecule has 3 rings (SSSR count). The second-order valence-electron chi connectivity index (χ2n) is 6.93. The minimum atomic E-state index is -0.227. The van der Waals surface area contributed by atoms with Crippen molar-refractivity contribution in [2.45, 2.75) is 25.9 Å². The van der Waals surface area contributed by atoms with Gasteiger partial charge >= 0.3 is 0 Å². The molecule has 0 bridgehead atoms. The van der Waals surface area contributed by atoms with Gasteiger partial charge in [0.25, 0.3) is 5.91 Å². The highest BCUT2D eigenvalue weighted by molar-refractivity contribution is 6.31. The van der Waals surface area contributed by atoms with Crippen LogP contribution in [0, 0.1) is 0 Å². The summed E-state index contributed by atoms with van der Waals surface area (Å²) >= 11 is 6.26. The summed E-state index contributed by atoms with van der Waals surface area (Å²) < 4.78 is 5.38. The van der Waals surface area contributed by atoms with Crippen LogP contribution in [-0.4, -0.2) is 38.3 Å². The lowest BCUT2D eigenvalue weighted by Crippen LogP contribution is -2.91. The van der Waals surface area contributed by atoms with Crippen LogP contribution in [0.3, 0.4) is 0 Å². The summed E-state index contributed by atoms with van der Waals surface area (Å²) in [5.41, 5.74) is 3.00. The number of hydrogen-bond donors (Lipinski definition) is 2. The minimum Gasteiger partial charge on any atom is -0.378 e. The fourth-order valence-electron chi connectivity index (χ4n) is 3.30. The number of anilines is 2. The fraction of sp³-hybridized carbons (Fsp3) is 0.381. The Balaban J connectivity index is 1.55. The lowest BCUT2D eigenvalue weighted by molar-refractivity contribution is -0.709. The zero-order valence-corrected chi connectivity index (χ0v) is 16.6. The maximum Gasteiger partial charge on any atom is 0.282 e. The Labute approximate surface area is 165 Å². The molecular formula is C21H27ClN3O2+. The van der Waals surface area contributed by atoms with Gasteiger partial charge in [-0.3, -0.25) is 4.79 Å². The Kier molecular flexibility index (Phi) is 6.72. The van der Waals surface area contributed by atoms with Crippen LogP contribution in [0.2, 0.25) is 5.02 Å². The van der Waals surface area contributed by atoms with E-state index in [2.05, 4.69) is 17.1 Å². The van der Waals surface area contributed by atoms with Gasteiger partial charge in [0.15, 0.2) is 6.04 Å². The number of morpholine rings is 1. The van der Waals surface area contributed by atoms with Crippen molar-refractivity contribution in [1.29, 1.82) is 0 Å². The van der Waals surface area contributed by atoms with E-state index in [1.165, 1.54) is 0 Å². The highest BCUT2D eigenvalue weighted by Gasteiger charge is 2.21. The molecule has 1 saturated heterocycles. The van der Waals surface area contributed by atoms with Gasteiger partial charge < -0.3 is 20.3 Å². The lowest BCUT2D eigenvalue weighted by atomic mass is 10.1. The fourth-order valence-corrected chi connectivity index (χ4v) is 3.61. The molecule has 2 atom stereocenters. The normalized spacial score (nSPS) is 16.6. The predicted molar refractivity (Wildman–Crippen MR) is 109 cm³/mol. The highest BCUT2D eigenvalue weighted by atomic mass is 35.5. The largest absolute Gasteiger partial charge is 0.378 e. The van der Waals surface area contributed by atoms with Crippen molar-refractivity contribution in [3.8, 4) is 0 Å². The average Bonchev–Trinajstić information content (AvgIpc) is 2.69. The first-order valence-electron chi connectivity index (χ1n) is 9.37. The van der Waals surface area contributed by atoms with E-state index in [0.29, 0.717) is 0 Å². The van der Waals surface area contributed by atoms with Gasteiger partial charge in [-0.05, 0) is 44.2 Å². The molecule has 1 amide bonds. The molecule has 0 aromatic heterocycles. The number of rotatable bonds is 6. The summed E-state index contributed by atoms with van der Waals surface area (Å²) in [5, 5.41) is 5.75. The summed E-state index contributed by atoms with van der Waals surface area (Å²) in [6.07, 6.45) is 0. The molecule has 2 aromatic rings. The average molecular weight is 389 g/mol. The third-order valence-corrected chi connectivity index (χ3v) is 5.24. The van der Waals surface area contributed by atoms with E-state index in [1.54, 1.807) is 0 Å². The number of ether oxygens (including phenoxy) is 1. The van der Waals surface area contributed by atoms with Crippen LogP contribution >= 0.6 is 11.6 Å². The number of carbonyl (C=O) groups is 1. The number of nitrogens with zero attached hydrogens (tertiary/aromatic N) is 1. The molecule has 0 saturated carbocycles. The van der Waals surface area contributed by atoms with Crippen molar-refractivity contribution in [3.05, 3.63) is 59.1 Å². The third kappa shape index (κ3) is 5.22. The van der Waals surface area contributed by atoms with Gasteiger partial charge in [-0.25, -0.2) is 0 Å². The van der Waals surface area contributed by atoms with Gasteiger partial charge in [0, 0.05) is 35.1 Å². The maximum atomic E-state index is 12.5. The van der Waals surface area contributed by atoms with Crippen molar-refractivity contribution in [2.75, 3.05) is 36.5 Å². The Hall–Kier alpha value is -2.08. The molecule has 27 heavy (non-hydrogen) atoms. The number of carbonyl (C=O) groups excluding carboxylic acids is 1. The smallest absolute Gasteiger partial charge is 0.282 e. The molecule has 6 heteroatoms. The number of amides is 1. The zero-order valence-electron chi connectivity index (χ0n) is 15.8. The Morgan fingerprint density at radius 1 is 1.11 bits per heavy atom. The number of benzene rings is 2. The van der Waals surface area contributed by atoms with Gasteiger partial charge in [-0.2, -0.15) is 0 Å². The lowest BCUT2D eigenvalue weighted by Gasteiger charge is -2.29.